The Kier molecular flexibility index (Phi) is 9.93. The van der Waals surface area contributed by atoms with E-state index in [1.54, 1.807) is 17.1 Å². The average molecular weight is 719 g/mol. The topological polar surface area (TPSA) is 133 Å². The molecule has 0 spiro atoms. The molecule has 0 aliphatic carbocycles. The van der Waals surface area contributed by atoms with Crippen LogP contribution in [0.4, 0.5) is 4.39 Å². The Labute approximate surface area is 296 Å². The van der Waals surface area contributed by atoms with Crippen LogP contribution in [0.1, 0.15) is 69.7 Å². The van der Waals surface area contributed by atoms with Crippen molar-refractivity contribution in [1.82, 2.24) is 29.7 Å². The summed E-state index contributed by atoms with van der Waals surface area (Å²) in [5, 5.41) is 5.71. The smallest absolute Gasteiger partial charge is 0.308 e. The Morgan fingerprint density at radius 2 is 1.94 bits per heavy atom. The molecule has 6 rings (SSSR count). The number of fused-ring (bicyclic) bond motifs is 8. The van der Waals surface area contributed by atoms with Gasteiger partial charge in [-0.05, 0) is 73.6 Å². The molecule has 0 saturated carbocycles. The molecule has 0 saturated heterocycles. The molecule has 2 atom stereocenters. The number of sulfone groups is 1. The molecule has 264 valence electrons. The summed E-state index contributed by atoms with van der Waals surface area (Å²) in [5.74, 6) is -0.0660. The fourth-order valence-electron chi connectivity index (χ4n) is 6.91. The molecule has 5 aromatic rings. The van der Waals surface area contributed by atoms with Crippen molar-refractivity contribution in [2.75, 3.05) is 18.6 Å². The predicted octanol–water partition coefficient (Wildman–Crippen LogP) is 6.87. The standard InChI is InChI=1S/C37H43FN6O4S2/c1-23(34(45)48-6)19-24-9-7-10-31(41-24)37(4)15-8-14-36(2,3)22-50(46,47)18-13-27-26-12-17-39-29(26)21-28(38)32(27)49-25-11-16-40-30(20-25)33-42-35(37)43-44(33)5/h7,9-12,16-17,20-21,23,39H,8,13-15,18-19,22H2,1-6H3/t23-,37?/m0/s1. The Balaban J connectivity index is 1.46. The molecule has 10 nitrogen and oxygen atoms in total. The first-order valence-electron chi connectivity index (χ1n) is 16.8. The molecule has 1 aliphatic rings. The van der Waals surface area contributed by atoms with E-state index in [0.717, 1.165) is 21.7 Å². The van der Waals surface area contributed by atoms with Crippen LogP contribution in [0.5, 0.6) is 0 Å². The number of esters is 1. The highest BCUT2D eigenvalue weighted by Crippen LogP contribution is 2.40. The van der Waals surface area contributed by atoms with Crippen LogP contribution in [0.25, 0.3) is 22.4 Å². The zero-order valence-electron chi connectivity index (χ0n) is 29.3. The number of rotatable bonds is 4. The fourth-order valence-corrected chi connectivity index (χ4v) is 9.93. The quantitative estimate of drug-likeness (QED) is 0.198. The van der Waals surface area contributed by atoms with E-state index in [-0.39, 0.29) is 29.8 Å². The lowest BCUT2D eigenvalue weighted by Crippen LogP contribution is -2.30. The molecule has 1 aromatic carbocycles. The number of carbonyl (C=O) groups is 1. The van der Waals surface area contributed by atoms with E-state index in [9.17, 15) is 13.2 Å². The third kappa shape index (κ3) is 7.48. The lowest BCUT2D eigenvalue weighted by Gasteiger charge is -2.30. The average Bonchev–Trinajstić information content (AvgIpc) is 3.70. The monoisotopic (exact) mass is 718 g/mol. The molecule has 0 amide bonds. The number of hydrogen-bond donors (Lipinski definition) is 1. The maximum Gasteiger partial charge on any atom is 0.308 e. The van der Waals surface area contributed by atoms with Crippen LogP contribution < -0.4 is 0 Å². The second-order valence-electron chi connectivity index (χ2n) is 14.3. The SMILES string of the molecule is COC(=O)[C@@H](C)Cc1cccc(C2(C)CCCC(C)(C)CS(=O)(=O)CCc3c(c(F)cc4[nH]ccc34)Sc3ccnc(c3)-c3nc2nn3C)n1. The molecule has 1 unspecified atom stereocenters. The minimum Gasteiger partial charge on any atom is -0.469 e. The van der Waals surface area contributed by atoms with Crippen molar-refractivity contribution in [2.45, 2.75) is 75.0 Å². The Morgan fingerprint density at radius 3 is 2.72 bits per heavy atom. The minimum absolute atomic E-state index is 0.00361. The molecule has 1 N–H and O–H groups in total. The Morgan fingerprint density at radius 1 is 1.14 bits per heavy atom. The number of aromatic nitrogens is 6. The van der Waals surface area contributed by atoms with E-state index in [0.29, 0.717) is 59.0 Å². The number of nitrogens with zero attached hydrogens (tertiary/aromatic N) is 5. The first-order valence-corrected chi connectivity index (χ1v) is 19.4. The Hall–Kier alpha value is -4.10. The summed E-state index contributed by atoms with van der Waals surface area (Å²) < 4.78 is 49.8. The van der Waals surface area contributed by atoms with E-state index in [1.165, 1.54) is 24.9 Å². The van der Waals surface area contributed by atoms with Crippen LogP contribution in [0.15, 0.2) is 64.6 Å². The lowest BCUT2D eigenvalue weighted by atomic mass is 9.78. The third-order valence-electron chi connectivity index (χ3n) is 9.60. The Bertz CT molecular complexity index is 2160. The number of aryl methyl sites for hydroxylation is 2. The van der Waals surface area contributed by atoms with Gasteiger partial charge in [-0.25, -0.2) is 22.5 Å². The summed E-state index contributed by atoms with van der Waals surface area (Å²) in [4.78, 5) is 31.1. The van der Waals surface area contributed by atoms with Crippen molar-refractivity contribution >= 4 is 38.5 Å². The molecule has 50 heavy (non-hydrogen) atoms. The van der Waals surface area contributed by atoms with Gasteiger partial charge in [-0.3, -0.25) is 14.8 Å². The van der Waals surface area contributed by atoms with Gasteiger partial charge in [0.2, 0.25) is 0 Å². The third-order valence-corrected chi connectivity index (χ3v) is 12.8. The second-order valence-corrected chi connectivity index (χ2v) is 17.6. The number of ether oxygens (including phenoxy) is 1. The second kappa shape index (κ2) is 13.9. The number of benzene rings is 1. The number of H-pyrrole nitrogens is 1. The number of hydrogen-bond acceptors (Lipinski definition) is 9. The number of nitrogens with one attached hydrogen (secondary N) is 1. The summed E-state index contributed by atoms with van der Waals surface area (Å²) in [6.45, 7) is 7.84. The summed E-state index contributed by atoms with van der Waals surface area (Å²) >= 11 is 1.25. The number of methoxy groups -OCH3 is 1. The van der Waals surface area contributed by atoms with Gasteiger partial charge in [0.05, 0.1) is 40.5 Å². The van der Waals surface area contributed by atoms with Gasteiger partial charge in [0.15, 0.2) is 21.5 Å². The van der Waals surface area contributed by atoms with Gasteiger partial charge < -0.3 is 9.72 Å². The van der Waals surface area contributed by atoms with Crippen LogP contribution >= 0.6 is 11.8 Å². The number of carbonyl (C=O) groups excluding carboxylic acids is 1. The van der Waals surface area contributed by atoms with Crippen LogP contribution in [0.3, 0.4) is 0 Å². The molecule has 0 radical (unpaired) electrons. The van der Waals surface area contributed by atoms with Gasteiger partial charge in [0, 0.05) is 47.4 Å². The predicted molar refractivity (Wildman–Crippen MR) is 192 cm³/mol. The van der Waals surface area contributed by atoms with Crippen molar-refractivity contribution in [3.05, 3.63) is 83.5 Å². The maximum absolute atomic E-state index is 15.8. The van der Waals surface area contributed by atoms with Crippen LogP contribution in [0, 0.1) is 17.2 Å². The van der Waals surface area contributed by atoms with Crippen molar-refractivity contribution in [3.63, 3.8) is 0 Å². The van der Waals surface area contributed by atoms with Crippen LogP contribution in [-0.2, 0) is 44.7 Å². The lowest BCUT2D eigenvalue weighted by molar-refractivity contribution is -0.144. The molecule has 4 aromatic heterocycles. The van der Waals surface area contributed by atoms with E-state index in [4.69, 9.17) is 19.8 Å². The minimum atomic E-state index is -3.51. The fraction of sp³-hybridized carbons (Fsp3) is 0.432. The van der Waals surface area contributed by atoms with Gasteiger partial charge in [-0.1, -0.05) is 45.0 Å². The molecule has 4 bridgehead atoms. The molecule has 0 fully saturated rings. The molecular weight excluding hydrogens is 676 g/mol. The summed E-state index contributed by atoms with van der Waals surface area (Å²) in [7, 11) is -0.306. The van der Waals surface area contributed by atoms with E-state index in [2.05, 4.69) is 16.9 Å². The van der Waals surface area contributed by atoms with E-state index in [1.807, 2.05) is 64.2 Å². The number of pyridine rings is 2. The zero-order chi connectivity index (χ0) is 35.8. The highest BCUT2D eigenvalue weighted by Gasteiger charge is 2.37. The van der Waals surface area contributed by atoms with Crippen molar-refractivity contribution in [2.24, 2.45) is 18.4 Å². The first-order chi connectivity index (χ1) is 23.7. The molecular formula is C37H43FN6O4S2. The highest BCUT2D eigenvalue weighted by atomic mass is 32.2. The van der Waals surface area contributed by atoms with Gasteiger partial charge >= 0.3 is 5.97 Å². The van der Waals surface area contributed by atoms with Gasteiger partial charge in [0.25, 0.3) is 0 Å². The van der Waals surface area contributed by atoms with Gasteiger partial charge in [-0.15, -0.1) is 0 Å². The summed E-state index contributed by atoms with van der Waals surface area (Å²) in [5.41, 5.74) is 2.09. The van der Waals surface area contributed by atoms with E-state index >= 15 is 4.39 Å². The van der Waals surface area contributed by atoms with Crippen molar-refractivity contribution in [1.29, 1.82) is 0 Å². The largest absolute Gasteiger partial charge is 0.469 e. The van der Waals surface area contributed by atoms with Gasteiger partial charge in [-0.2, -0.15) is 5.10 Å². The highest BCUT2D eigenvalue weighted by molar-refractivity contribution is 7.99. The summed E-state index contributed by atoms with van der Waals surface area (Å²) in [6, 6.07) is 12.8. The number of halogens is 1. The van der Waals surface area contributed by atoms with Gasteiger partial charge in [0.1, 0.15) is 11.5 Å². The first kappa shape index (κ1) is 35.7. The van der Waals surface area contributed by atoms with Crippen molar-refractivity contribution < 1.29 is 22.3 Å². The molecule has 13 heteroatoms. The molecule has 5 heterocycles. The number of aromatic amines is 1. The van der Waals surface area contributed by atoms with E-state index < -0.39 is 26.5 Å². The maximum atomic E-state index is 15.8. The normalized spacial score (nSPS) is 20.0. The van der Waals surface area contributed by atoms with Crippen molar-refractivity contribution in [3.8, 4) is 11.5 Å². The molecule has 1 aliphatic heterocycles. The summed E-state index contributed by atoms with van der Waals surface area (Å²) in [6.07, 6.45) is 5.92. The van der Waals surface area contributed by atoms with Crippen LogP contribution in [-0.4, -0.2) is 62.7 Å². The zero-order valence-corrected chi connectivity index (χ0v) is 30.9. The van der Waals surface area contributed by atoms with Crippen LogP contribution in [0.2, 0.25) is 0 Å².